The summed E-state index contributed by atoms with van der Waals surface area (Å²) in [5, 5.41) is 2.09. The SMILES string of the molecule is COc1cccc2c1[C@@H]1CN(CCCCN3C(=O)c4ccc5ncncc5c4C[N+]3=O)C[C@@H]1CO2. The molecule has 4 heterocycles. The van der Waals surface area contributed by atoms with Gasteiger partial charge in [-0.25, -0.2) is 9.97 Å². The predicted molar refractivity (Wildman–Crippen MR) is 128 cm³/mol. The van der Waals surface area contributed by atoms with Crippen LogP contribution in [-0.2, 0) is 6.54 Å². The summed E-state index contributed by atoms with van der Waals surface area (Å²) >= 11 is 0. The fraction of sp³-hybridized carbons (Fsp3) is 0.423. The first-order valence-electron chi connectivity index (χ1n) is 12.1. The molecule has 0 radical (unpaired) electrons. The number of fused-ring (bicyclic) bond motifs is 6. The number of carbonyl (C=O) groups excluding carboxylic acids is 1. The van der Waals surface area contributed by atoms with Crippen molar-refractivity contribution in [2.75, 3.05) is 39.9 Å². The van der Waals surface area contributed by atoms with Crippen molar-refractivity contribution in [2.45, 2.75) is 25.3 Å². The molecule has 1 amide bonds. The van der Waals surface area contributed by atoms with E-state index in [0.29, 0.717) is 29.5 Å². The Morgan fingerprint density at radius 1 is 1.17 bits per heavy atom. The second-order valence-electron chi connectivity index (χ2n) is 9.50. The lowest BCUT2D eigenvalue weighted by molar-refractivity contribution is -0.702. The number of benzene rings is 2. The minimum atomic E-state index is -0.250. The zero-order valence-corrected chi connectivity index (χ0v) is 19.7. The van der Waals surface area contributed by atoms with Crippen LogP contribution in [0.3, 0.4) is 0 Å². The third-order valence-electron chi connectivity index (χ3n) is 7.51. The van der Waals surface area contributed by atoms with E-state index in [9.17, 15) is 9.70 Å². The molecule has 3 aromatic rings. The summed E-state index contributed by atoms with van der Waals surface area (Å²) < 4.78 is 11.6. The Morgan fingerprint density at radius 2 is 2.06 bits per heavy atom. The lowest BCUT2D eigenvalue weighted by Gasteiger charge is -2.29. The van der Waals surface area contributed by atoms with E-state index in [1.54, 1.807) is 19.4 Å². The molecule has 0 saturated carbocycles. The van der Waals surface area contributed by atoms with Crippen molar-refractivity contribution in [2.24, 2.45) is 5.92 Å². The van der Waals surface area contributed by atoms with Crippen molar-refractivity contribution in [3.8, 4) is 11.5 Å². The number of rotatable bonds is 6. The van der Waals surface area contributed by atoms with E-state index in [2.05, 4.69) is 14.9 Å². The number of nitrogens with zero attached hydrogens (tertiary/aromatic N) is 5. The zero-order chi connectivity index (χ0) is 23.9. The van der Waals surface area contributed by atoms with Crippen LogP contribution in [0, 0.1) is 10.8 Å². The lowest BCUT2D eigenvalue weighted by Crippen LogP contribution is -2.43. The van der Waals surface area contributed by atoms with Crippen LogP contribution in [0.4, 0.5) is 0 Å². The Kier molecular flexibility index (Phi) is 5.56. The van der Waals surface area contributed by atoms with Crippen LogP contribution < -0.4 is 9.47 Å². The molecule has 6 rings (SSSR count). The van der Waals surface area contributed by atoms with E-state index in [1.807, 2.05) is 24.3 Å². The summed E-state index contributed by atoms with van der Waals surface area (Å²) in [4.78, 5) is 37.4. The van der Waals surface area contributed by atoms with Gasteiger partial charge in [0.05, 0.1) is 36.2 Å². The van der Waals surface area contributed by atoms with Crippen molar-refractivity contribution in [3.05, 3.63) is 64.5 Å². The van der Waals surface area contributed by atoms with Crippen molar-refractivity contribution < 1.29 is 19.1 Å². The molecule has 2 aromatic carbocycles. The van der Waals surface area contributed by atoms with Crippen LogP contribution >= 0.6 is 0 Å². The summed E-state index contributed by atoms with van der Waals surface area (Å²) in [6.07, 6.45) is 4.82. The highest BCUT2D eigenvalue weighted by Gasteiger charge is 2.41. The molecule has 1 saturated heterocycles. The summed E-state index contributed by atoms with van der Waals surface area (Å²) in [7, 11) is 1.71. The van der Waals surface area contributed by atoms with Crippen LogP contribution in [0.2, 0.25) is 0 Å². The van der Waals surface area contributed by atoms with Crippen molar-refractivity contribution in [1.29, 1.82) is 0 Å². The number of aromatic nitrogens is 2. The normalized spacial score (nSPS) is 21.5. The molecule has 3 aliphatic rings. The van der Waals surface area contributed by atoms with Gasteiger partial charge < -0.3 is 14.4 Å². The van der Waals surface area contributed by atoms with E-state index in [1.165, 1.54) is 16.9 Å². The molecule has 9 nitrogen and oxygen atoms in total. The number of hydrogen-bond acceptors (Lipinski definition) is 7. The molecular formula is C26H28N5O4+. The minimum absolute atomic E-state index is 0.127. The fourth-order valence-electron chi connectivity index (χ4n) is 5.78. The molecule has 0 N–H and O–H groups in total. The summed E-state index contributed by atoms with van der Waals surface area (Å²) in [5.74, 6) is 2.45. The first-order chi connectivity index (χ1) is 17.1. The van der Waals surface area contributed by atoms with E-state index < -0.39 is 0 Å². The number of carbonyl (C=O) groups is 1. The standard InChI is InChI=1S/C26H28N5O4/c1-34-23-5-4-6-24-25(23)20-13-29(12-17(20)15-35-24)9-2-3-10-30-26(32)18-7-8-22-19(11-27-16-28-22)21(18)14-31(30)33/h4-8,11,16-17,20H,2-3,9-10,12-15H2,1H3/q+1/t17-,20-/m1/s1. The maximum atomic E-state index is 13.1. The highest BCUT2D eigenvalue weighted by molar-refractivity contribution is 6.00. The molecule has 0 unspecified atom stereocenters. The molecular weight excluding hydrogens is 446 g/mol. The summed E-state index contributed by atoms with van der Waals surface area (Å²) in [6, 6.07) is 9.59. The topological polar surface area (TPSA) is 87.9 Å². The Bertz CT molecular complexity index is 1300. The number of ether oxygens (including phenoxy) is 2. The van der Waals surface area contributed by atoms with Crippen LogP contribution in [0.5, 0.6) is 11.5 Å². The van der Waals surface area contributed by atoms with Crippen LogP contribution in [0.1, 0.15) is 40.2 Å². The van der Waals surface area contributed by atoms with E-state index in [-0.39, 0.29) is 12.5 Å². The molecule has 1 fully saturated rings. The zero-order valence-electron chi connectivity index (χ0n) is 19.7. The van der Waals surface area contributed by atoms with E-state index in [0.717, 1.165) is 66.4 Å². The lowest BCUT2D eigenvalue weighted by atomic mass is 9.86. The quantitative estimate of drug-likeness (QED) is 0.401. The van der Waals surface area contributed by atoms with Gasteiger partial charge in [0.1, 0.15) is 22.7 Å². The Balaban J connectivity index is 1.07. The number of amides is 1. The molecule has 0 spiro atoms. The maximum Gasteiger partial charge on any atom is 0.312 e. The fourth-order valence-corrected chi connectivity index (χ4v) is 5.78. The first-order valence-corrected chi connectivity index (χ1v) is 12.1. The number of hydrogen-bond donors (Lipinski definition) is 0. The predicted octanol–water partition coefficient (Wildman–Crippen LogP) is 3.18. The highest BCUT2D eigenvalue weighted by Crippen LogP contribution is 2.46. The second kappa shape index (κ2) is 8.88. The Labute approximate surface area is 203 Å². The summed E-state index contributed by atoms with van der Waals surface area (Å²) in [5.41, 5.74) is 3.20. The number of hydrazine groups is 1. The molecule has 3 aliphatic heterocycles. The first kappa shape index (κ1) is 21.9. The highest BCUT2D eigenvalue weighted by atomic mass is 16.5. The van der Waals surface area contributed by atoms with Crippen molar-refractivity contribution in [1.82, 2.24) is 19.9 Å². The van der Waals surface area contributed by atoms with Gasteiger partial charge in [-0.1, -0.05) is 11.1 Å². The minimum Gasteiger partial charge on any atom is -0.496 e. The third kappa shape index (κ3) is 3.80. The molecule has 2 atom stereocenters. The third-order valence-corrected chi connectivity index (χ3v) is 7.51. The smallest absolute Gasteiger partial charge is 0.312 e. The van der Waals surface area contributed by atoms with Gasteiger partial charge in [0, 0.05) is 47.6 Å². The average molecular weight is 475 g/mol. The van der Waals surface area contributed by atoms with Crippen LogP contribution in [0.25, 0.3) is 10.9 Å². The summed E-state index contributed by atoms with van der Waals surface area (Å²) in [6.45, 7) is 4.15. The monoisotopic (exact) mass is 474 g/mol. The van der Waals surface area contributed by atoms with Crippen LogP contribution in [0.15, 0.2) is 42.9 Å². The maximum absolute atomic E-state index is 13.1. The van der Waals surface area contributed by atoms with Gasteiger partial charge in [0.25, 0.3) is 6.54 Å². The Morgan fingerprint density at radius 3 is 2.94 bits per heavy atom. The van der Waals surface area contributed by atoms with Gasteiger partial charge in [0.15, 0.2) is 0 Å². The Hall–Kier alpha value is -3.59. The number of methoxy groups -OCH3 is 1. The molecule has 9 heteroatoms. The molecule has 0 aliphatic carbocycles. The van der Waals surface area contributed by atoms with E-state index >= 15 is 0 Å². The van der Waals surface area contributed by atoms with Gasteiger partial charge in [-0.15, -0.1) is 0 Å². The van der Waals surface area contributed by atoms with Gasteiger partial charge in [-0.2, -0.15) is 0 Å². The number of unbranched alkanes of at least 4 members (excludes halogenated alkanes) is 1. The van der Waals surface area contributed by atoms with Gasteiger partial charge >= 0.3 is 5.91 Å². The van der Waals surface area contributed by atoms with Gasteiger partial charge in [-0.3, -0.25) is 4.79 Å². The number of nitroso groups, excluding NO2 is 1. The molecule has 1 aromatic heterocycles. The van der Waals surface area contributed by atoms with Crippen LogP contribution in [-0.4, -0.2) is 70.5 Å². The molecule has 35 heavy (non-hydrogen) atoms. The second-order valence-corrected chi connectivity index (χ2v) is 9.50. The number of likely N-dealkylation sites (tertiary alicyclic amines) is 1. The average Bonchev–Trinajstić information content (AvgIpc) is 3.31. The van der Waals surface area contributed by atoms with Gasteiger partial charge in [0.2, 0.25) is 0 Å². The van der Waals surface area contributed by atoms with Crippen molar-refractivity contribution >= 4 is 16.8 Å². The van der Waals surface area contributed by atoms with Gasteiger partial charge in [-0.05, 0) is 43.7 Å². The van der Waals surface area contributed by atoms with E-state index in [4.69, 9.17) is 9.47 Å². The molecule has 0 bridgehead atoms. The molecule has 180 valence electrons. The largest absolute Gasteiger partial charge is 0.496 e. The van der Waals surface area contributed by atoms with Crippen molar-refractivity contribution in [3.63, 3.8) is 0 Å².